The number of benzene rings is 1. The number of esters is 1. The van der Waals surface area contributed by atoms with Crippen LogP contribution in [0.2, 0.25) is 0 Å². The number of nitrogens with zero attached hydrogens (tertiary/aromatic N) is 2. The molecule has 0 aliphatic rings. The summed E-state index contributed by atoms with van der Waals surface area (Å²) in [6.45, 7) is 1.29. The van der Waals surface area contributed by atoms with E-state index in [0.29, 0.717) is 5.69 Å². The maximum atomic E-state index is 12.2. The Hall–Kier alpha value is -3.01. The van der Waals surface area contributed by atoms with Gasteiger partial charge >= 0.3 is 17.2 Å². The van der Waals surface area contributed by atoms with Gasteiger partial charge in [0.25, 0.3) is 0 Å². The number of hydrogen-bond donors (Lipinski definition) is 1. The van der Waals surface area contributed by atoms with Crippen molar-refractivity contribution < 1.29 is 19.2 Å². The van der Waals surface area contributed by atoms with Gasteiger partial charge in [-0.1, -0.05) is 15.9 Å². The molecule has 1 N–H and O–H groups in total. The number of amides is 1. The zero-order valence-corrected chi connectivity index (χ0v) is 15.4. The molecule has 0 spiro atoms. The highest BCUT2D eigenvalue weighted by atomic mass is 79.9. The summed E-state index contributed by atoms with van der Waals surface area (Å²) < 4.78 is 6.15. The van der Waals surface area contributed by atoms with E-state index < -0.39 is 34.6 Å². The summed E-state index contributed by atoms with van der Waals surface area (Å²) in [5.74, 6) is -1.43. The number of nitrogens with one attached hydrogen (secondary N) is 1. The molecular formula is C16H14BrN3O6. The van der Waals surface area contributed by atoms with Crippen LogP contribution in [0.15, 0.2) is 39.7 Å². The topological polar surface area (TPSA) is 121 Å². The van der Waals surface area contributed by atoms with Gasteiger partial charge in [-0.15, -0.1) is 0 Å². The molecule has 0 aliphatic heterocycles. The van der Waals surface area contributed by atoms with Gasteiger partial charge < -0.3 is 10.1 Å². The maximum Gasteiger partial charge on any atom is 0.339 e. The van der Waals surface area contributed by atoms with Crippen LogP contribution >= 0.6 is 15.9 Å². The van der Waals surface area contributed by atoms with Gasteiger partial charge in [0.15, 0.2) is 0 Å². The van der Waals surface area contributed by atoms with E-state index in [0.717, 1.165) is 34.0 Å². The highest BCUT2D eigenvalue weighted by molar-refractivity contribution is 9.10. The lowest BCUT2D eigenvalue weighted by molar-refractivity contribution is -0.386. The number of carbonyl (C=O) groups is 2. The van der Waals surface area contributed by atoms with Crippen molar-refractivity contribution >= 4 is 39.2 Å². The van der Waals surface area contributed by atoms with Crippen molar-refractivity contribution in [2.75, 3.05) is 12.4 Å². The Kier molecular flexibility index (Phi) is 5.88. The summed E-state index contributed by atoms with van der Waals surface area (Å²) in [6.07, 6.45) is 1.05. The number of hydrogen-bond acceptors (Lipinski definition) is 6. The number of rotatable bonds is 5. The van der Waals surface area contributed by atoms with Crippen LogP contribution in [0.4, 0.5) is 11.4 Å². The third kappa shape index (κ3) is 4.33. The highest BCUT2D eigenvalue weighted by Gasteiger charge is 2.21. The van der Waals surface area contributed by atoms with E-state index in [-0.39, 0.29) is 5.56 Å². The summed E-state index contributed by atoms with van der Waals surface area (Å²) in [7, 11) is 1.10. The van der Waals surface area contributed by atoms with Crippen LogP contribution in [-0.4, -0.2) is 28.5 Å². The molecule has 0 bridgehead atoms. The summed E-state index contributed by atoms with van der Waals surface area (Å²) in [4.78, 5) is 46.1. The number of pyridine rings is 1. The third-order valence-corrected chi connectivity index (χ3v) is 3.95. The Bertz CT molecular complexity index is 953. The molecule has 1 aromatic heterocycles. The van der Waals surface area contributed by atoms with Crippen LogP contribution in [0.5, 0.6) is 0 Å². The van der Waals surface area contributed by atoms with Crippen LogP contribution in [0.25, 0.3) is 0 Å². The molecule has 1 amide bonds. The van der Waals surface area contributed by atoms with Crippen molar-refractivity contribution in [3.05, 3.63) is 66.5 Å². The Labute approximate surface area is 155 Å². The van der Waals surface area contributed by atoms with E-state index in [4.69, 9.17) is 0 Å². The maximum absolute atomic E-state index is 12.2. The fraction of sp³-hybridized carbons (Fsp3) is 0.188. The number of nitro groups is 1. The molecule has 0 atom stereocenters. The van der Waals surface area contributed by atoms with Gasteiger partial charge in [-0.3, -0.25) is 24.3 Å². The lowest BCUT2D eigenvalue weighted by Crippen LogP contribution is -2.29. The van der Waals surface area contributed by atoms with Crippen LogP contribution < -0.4 is 10.9 Å². The molecule has 26 heavy (non-hydrogen) atoms. The normalized spacial score (nSPS) is 10.3. The number of carbonyl (C=O) groups excluding carboxylic acids is 2. The van der Waals surface area contributed by atoms with E-state index in [1.165, 1.54) is 0 Å². The molecule has 10 heteroatoms. The highest BCUT2D eigenvalue weighted by Crippen LogP contribution is 2.20. The van der Waals surface area contributed by atoms with Gasteiger partial charge in [0.1, 0.15) is 6.54 Å². The van der Waals surface area contributed by atoms with E-state index in [2.05, 4.69) is 26.0 Å². The lowest BCUT2D eigenvalue weighted by Gasteiger charge is -2.11. The standard InChI is InChI=1S/C16H14BrN3O6/c1-9-5-11(17)3-4-12(9)18-14(21)8-19-7-10(16(23)26-2)6-13(15(19)22)20(24)25/h3-7H,8H2,1-2H3,(H,18,21). The molecule has 1 heterocycles. The molecule has 0 radical (unpaired) electrons. The average Bonchev–Trinajstić information content (AvgIpc) is 2.58. The van der Waals surface area contributed by atoms with E-state index in [9.17, 15) is 24.5 Å². The first-order valence-electron chi connectivity index (χ1n) is 7.26. The number of methoxy groups -OCH3 is 1. The van der Waals surface area contributed by atoms with Crippen molar-refractivity contribution in [2.24, 2.45) is 0 Å². The molecule has 0 fully saturated rings. The van der Waals surface area contributed by atoms with Crippen molar-refractivity contribution in [2.45, 2.75) is 13.5 Å². The summed E-state index contributed by atoms with van der Waals surface area (Å²) in [5, 5.41) is 13.6. The van der Waals surface area contributed by atoms with Gasteiger partial charge in [-0.2, -0.15) is 0 Å². The molecular weight excluding hydrogens is 410 g/mol. The number of halogens is 1. The zero-order chi connectivity index (χ0) is 19.4. The SMILES string of the molecule is COC(=O)c1cc([N+](=O)[O-])c(=O)n(CC(=O)Nc2ccc(Br)cc2C)c1. The van der Waals surface area contributed by atoms with Crippen LogP contribution in [0.3, 0.4) is 0 Å². The van der Waals surface area contributed by atoms with Gasteiger partial charge in [-0.05, 0) is 30.7 Å². The first kappa shape index (κ1) is 19.3. The molecule has 0 saturated carbocycles. The van der Waals surface area contributed by atoms with Gasteiger partial charge in [-0.25, -0.2) is 4.79 Å². The molecule has 1 aromatic carbocycles. The fourth-order valence-electron chi connectivity index (χ4n) is 2.21. The molecule has 0 saturated heterocycles. The minimum absolute atomic E-state index is 0.202. The monoisotopic (exact) mass is 423 g/mol. The molecule has 136 valence electrons. The molecule has 0 unspecified atom stereocenters. The van der Waals surface area contributed by atoms with Crippen molar-refractivity contribution in [3.63, 3.8) is 0 Å². The first-order chi connectivity index (χ1) is 12.2. The number of aryl methyl sites for hydroxylation is 1. The second-order valence-electron chi connectivity index (χ2n) is 5.30. The van der Waals surface area contributed by atoms with Gasteiger partial charge in [0.2, 0.25) is 5.91 Å². The molecule has 9 nitrogen and oxygen atoms in total. The average molecular weight is 424 g/mol. The van der Waals surface area contributed by atoms with Crippen LogP contribution in [-0.2, 0) is 16.1 Å². The largest absolute Gasteiger partial charge is 0.465 e. The molecule has 0 aliphatic carbocycles. The molecule has 2 aromatic rings. The van der Waals surface area contributed by atoms with Crippen molar-refractivity contribution in [3.8, 4) is 0 Å². The van der Waals surface area contributed by atoms with E-state index in [1.807, 2.05) is 0 Å². The fourth-order valence-corrected chi connectivity index (χ4v) is 2.69. The lowest BCUT2D eigenvalue weighted by atomic mass is 10.2. The van der Waals surface area contributed by atoms with E-state index >= 15 is 0 Å². The first-order valence-corrected chi connectivity index (χ1v) is 8.05. The minimum atomic E-state index is -0.995. The third-order valence-electron chi connectivity index (χ3n) is 3.46. The van der Waals surface area contributed by atoms with E-state index in [1.54, 1.807) is 25.1 Å². The van der Waals surface area contributed by atoms with Gasteiger partial charge in [0.05, 0.1) is 17.6 Å². The Balaban J connectivity index is 2.34. The van der Waals surface area contributed by atoms with Crippen molar-refractivity contribution in [1.82, 2.24) is 4.57 Å². The predicted octanol–water partition coefficient (Wildman–Crippen LogP) is 2.25. The quantitative estimate of drug-likeness (QED) is 0.447. The molecule has 2 rings (SSSR count). The number of anilines is 1. The second kappa shape index (κ2) is 7.91. The Morgan fingerprint density at radius 3 is 2.62 bits per heavy atom. The second-order valence-corrected chi connectivity index (χ2v) is 6.22. The van der Waals surface area contributed by atoms with Crippen LogP contribution in [0, 0.1) is 17.0 Å². The summed E-state index contributed by atoms with van der Waals surface area (Å²) in [6, 6.07) is 6.02. The predicted molar refractivity (Wildman–Crippen MR) is 96.2 cm³/mol. The number of ether oxygens (including phenoxy) is 1. The number of aromatic nitrogens is 1. The van der Waals surface area contributed by atoms with Crippen LogP contribution in [0.1, 0.15) is 15.9 Å². The van der Waals surface area contributed by atoms with Gasteiger partial charge in [0, 0.05) is 22.4 Å². The van der Waals surface area contributed by atoms with Crippen molar-refractivity contribution in [1.29, 1.82) is 0 Å². The minimum Gasteiger partial charge on any atom is -0.465 e. The summed E-state index contributed by atoms with van der Waals surface area (Å²) in [5.41, 5.74) is -0.698. The zero-order valence-electron chi connectivity index (χ0n) is 13.8. The Morgan fingerprint density at radius 1 is 1.35 bits per heavy atom. The summed E-state index contributed by atoms with van der Waals surface area (Å²) >= 11 is 3.31. The smallest absolute Gasteiger partial charge is 0.339 e. The Morgan fingerprint density at radius 2 is 2.04 bits per heavy atom.